The van der Waals surface area contributed by atoms with Crippen LogP contribution in [-0.2, 0) is 6.42 Å². The molecule has 1 unspecified atom stereocenters. The molecule has 86 valence electrons. The van der Waals surface area contributed by atoms with Crippen LogP contribution in [0.2, 0.25) is 0 Å². The number of aliphatic hydroxyl groups is 1. The second kappa shape index (κ2) is 4.49. The first-order valence-electron chi connectivity index (χ1n) is 5.32. The van der Waals surface area contributed by atoms with Crippen LogP contribution < -0.4 is 5.32 Å². The van der Waals surface area contributed by atoms with E-state index in [0.29, 0.717) is 13.0 Å². The van der Waals surface area contributed by atoms with Gasteiger partial charge in [-0.25, -0.2) is 4.98 Å². The molecule has 0 aliphatic heterocycles. The summed E-state index contributed by atoms with van der Waals surface area (Å²) in [6.45, 7) is 2.40. The van der Waals surface area contributed by atoms with Crippen LogP contribution in [0.4, 0.5) is 0 Å². The van der Waals surface area contributed by atoms with E-state index < -0.39 is 5.60 Å². The third kappa shape index (κ3) is 2.58. The predicted octanol–water partition coefficient (Wildman–Crippen LogP) is 1.81. The number of nitrogens with zero attached hydrogens (tertiary/aromatic N) is 1. The molecule has 0 aliphatic rings. The monoisotopic (exact) mass is 236 g/mol. The molecule has 0 fully saturated rings. The molecule has 0 amide bonds. The van der Waals surface area contributed by atoms with Gasteiger partial charge in [0.15, 0.2) is 0 Å². The number of likely N-dealkylation sites (N-methyl/N-ethyl adjacent to an activating group) is 1. The summed E-state index contributed by atoms with van der Waals surface area (Å²) in [4.78, 5) is 4.51. The quantitative estimate of drug-likeness (QED) is 0.851. The van der Waals surface area contributed by atoms with Gasteiger partial charge in [0.2, 0.25) is 0 Å². The molecule has 0 saturated carbocycles. The number of nitrogens with one attached hydrogen (secondary N) is 1. The summed E-state index contributed by atoms with van der Waals surface area (Å²) in [5.74, 6) is 0. The normalized spacial score (nSPS) is 15.2. The van der Waals surface area contributed by atoms with Gasteiger partial charge >= 0.3 is 0 Å². The van der Waals surface area contributed by atoms with Crippen molar-refractivity contribution in [2.24, 2.45) is 0 Å². The summed E-state index contributed by atoms with van der Waals surface area (Å²) in [7, 11) is 1.84. The van der Waals surface area contributed by atoms with E-state index >= 15 is 0 Å². The van der Waals surface area contributed by atoms with Gasteiger partial charge in [0.25, 0.3) is 0 Å². The highest BCUT2D eigenvalue weighted by atomic mass is 32.1. The van der Waals surface area contributed by atoms with Crippen molar-refractivity contribution >= 4 is 21.6 Å². The number of hydrogen-bond acceptors (Lipinski definition) is 4. The van der Waals surface area contributed by atoms with Gasteiger partial charge in [0, 0.05) is 13.0 Å². The number of benzene rings is 1. The highest BCUT2D eigenvalue weighted by molar-refractivity contribution is 7.18. The van der Waals surface area contributed by atoms with Gasteiger partial charge in [-0.3, -0.25) is 0 Å². The van der Waals surface area contributed by atoms with Crippen LogP contribution in [0.5, 0.6) is 0 Å². The van der Waals surface area contributed by atoms with Crippen LogP contribution in [0.1, 0.15) is 11.9 Å². The summed E-state index contributed by atoms with van der Waals surface area (Å²) in [6, 6.07) is 8.05. The Hall–Kier alpha value is -0.970. The predicted molar refractivity (Wildman–Crippen MR) is 67.9 cm³/mol. The maximum absolute atomic E-state index is 10.1. The summed E-state index contributed by atoms with van der Waals surface area (Å²) in [6.07, 6.45) is 0.590. The van der Waals surface area contributed by atoms with Crippen molar-refractivity contribution < 1.29 is 5.11 Å². The van der Waals surface area contributed by atoms with E-state index in [4.69, 9.17) is 0 Å². The Bertz CT molecular complexity index is 446. The molecule has 1 aromatic carbocycles. The lowest BCUT2D eigenvalue weighted by molar-refractivity contribution is 0.0622. The van der Waals surface area contributed by atoms with E-state index in [-0.39, 0.29) is 0 Å². The largest absolute Gasteiger partial charge is 0.388 e. The average molecular weight is 236 g/mol. The molecule has 0 aliphatic carbocycles. The first-order chi connectivity index (χ1) is 7.61. The number of para-hydroxylation sites is 1. The Morgan fingerprint density at radius 2 is 2.19 bits per heavy atom. The minimum absolute atomic E-state index is 0.572. The lowest BCUT2D eigenvalue weighted by atomic mass is 10.0. The van der Waals surface area contributed by atoms with Crippen LogP contribution in [0.3, 0.4) is 0 Å². The number of thiazole rings is 1. The minimum atomic E-state index is -0.734. The molecule has 4 heteroatoms. The third-order valence-corrected chi connectivity index (χ3v) is 3.46. The number of hydrogen-bond donors (Lipinski definition) is 2. The van der Waals surface area contributed by atoms with Gasteiger partial charge in [-0.05, 0) is 26.1 Å². The standard InChI is InChI=1S/C12H16N2OS/c1-12(15,8-13-2)7-11-14-9-5-3-4-6-10(9)16-11/h3-6,13,15H,7-8H2,1-2H3. The Labute approximate surface area is 99.1 Å². The number of aromatic nitrogens is 1. The molecule has 0 saturated heterocycles. The fourth-order valence-electron chi connectivity index (χ4n) is 1.76. The second-order valence-electron chi connectivity index (χ2n) is 4.28. The van der Waals surface area contributed by atoms with Crippen LogP contribution in [0.25, 0.3) is 10.2 Å². The van der Waals surface area contributed by atoms with Crippen LogP contribution >= 0.6 is 11.3 Å². The molecule has 2 aromatic rings. The van der Waals surface area contributed by atoms with Crippen molar-refractivity contribution in [2.75, 3.05) is 13.6 Å². The molecule has 2 N–H and O–H groups in total. The van der Waals surface area contributed by atoms with Crippen LogP contribution in [0.15, 0.2) is 24.3 Å². The zero-order chi connectivity index (χ0) is 11.6. The van der Waals surface area contributed by atoms with Crippen molar-refractivity contribution in [3.8, 4) is 0 Å². The van der Waals surface area contributed by atoms with E-state index in [2.05, 4.69) is 16.4 Å². The molecule has 16 heavy (non-hydrogen) atoms. The Morgan fingerprint density at radius 1 is 1.44 bits per heavy atom. The number of rotatable bonds is 4. The van der Waals surface area contributed by atoms with Crippen molar-refractivity contribution in [3.05, 3.63) is 29.3 Å². The second-order valence-corrected chi connectivity index (χ2v) is 5.39. The van der Waals surface area contributed by atoms with Crippen molar-refractivity contribution in [1.82, 2.24) is 10.3 Å². The zero-order valence-electron chi connectivity index (χ0n) is 9.53. The van der Waals surface area contributed by atoms with Crippen molar-refractivity contribution in [3.63, 3.8) is 0 Å². The highest BCUT2D eigenvalue weighted by Gasteiger charge is 2.21. The minimum Gasteiger partial charge on any atom is -0.388 e. The Kier molecular flexibility index (Phi) is 3.23. The topological polar surface area (TPSA) is 45.1 Å². The van der Waals surface area contributed by atoms with Crippen LogP contribution in [0, 0.1) is 0 Å². The average Bonchev–Trinajstić information content (AvgIpc) is 2.58. The van der Waals surface area contributed by atoms with Crippen LogP contribution in [-0.4, -0.2) is 29.3 Å². The first-order valence-corrected chi connectivity index (χ1v) is 6.14. The van der Waals surface area contributed by atoms with Gasteiger partial charge in [0.1, 0.15) is 0 Å². The molecule has 0 radical (unpaired) electrons. The SMILES string of the molecule is CNCC(C)(O)Cc1nc2ccccc2s1. The molecule has 1 atom stereocenters. The zero-order valence-corrected chi connectivity index (χ0v) is 10.3. The molecule has 1 heterocycles. The molecule has 0 spiro atoms. The van der Waals surface area contributed by atoms with E-state index in [0.717, 1.165) is 10.5 Å². The fraction of sp³-hybridized carbons (Fsp3) is 0.417. The number of fused-ring (bicyclic) bond motifs is 1. The summed E-state index contributed by atoms with van der Waals surface area (Å²) in [5.41, 5.74) is 0.283. The highest BCUT2D eigenvalue weighted by Crippen LogP contribution is 2.24. The van der Waals surface area contributed by atoms with Gasteiger partial charge < -0.3 is 10.4 Å². The summed E-state index contributed by atoms with van der Waals surface area (Å²) < 4.78 is 1.18. The van der Waals surface area contributed by atoms with E-state index in [1.807, 2.05) is 32.2 Å². The first kappa shape index (κ1) is 11.5. The molecule has 2 rings (SSSR count). The Morgan fingerprint density at radius 3 is 2.88 bits per heavy atom. The van der Waals surface area contributed by atoms with Crippen molar-refractivity contribution in [2.45, 2.75) is 18.9 Å². The maximum Gasteiger partial charge on any atom is 0.0967 e. The van der Waals surface area contributed by atoms with Gasteiger partial charge in [0.05, 0.1) is 20.8 Å². The van der Waals surface area contributed by atoms with E-state index in [1.165, 1.54) is 4.70 Å². The van der Waals surface area contributed by atoms with Gasteiger partial charge in [-0.15, -0.1) is 11.3 Å². The molecular formula is C12H16N2OS. The lowest BCUT2D eigenvalue weighted by Gasteiger charge is -2.21. The van der Waals surface area contributed by atoms with E-state index in [9.17, 15) is 5.11 Å². The third-order valence-electron chi connectivity index (χ3n) is 2.43. The maximum atomic E-state index is 10.1. The smallest absolute Gasteiger partial charge is 0.0967 e. The molecule has 1 aromatic heterocycles. The Balaban J connectivity index is 2.21. The molecular weight excluding hydrogens is 220 g/mol. The van der Waals surface area contributed by atoms with Crippen molar-refractivity contribution in [1.29, 1.82) is 0 Å². The van der Waals surface area contributed by atoms with Gasteiger partial charge in [-0.1, -0.05) is 12.1 Å². The van der Waals surface area contributed by atoms with E-state index in [1.54, 1.807) is 11.3 Å². The van der Waals surface area contributed by atoms with Gasteiger partial charge in [-0.2, -0.15) is 0 Å². The summed E-state index contributed by atoms with van der Waals surface area (Å²) in [5, 5.41) is 14.1. The fourth-order valence-corrected chi connectivity index (χ4v) is 2.91. The lowest BCUT2D eigenvalue weighted by Crippen LogP contribution is -2.38. The summed E-state index contributed by atoms with van der Waals surface area (Å²) >= 11 is 1.65. The molecule has 0 bridgehead atoms. The molecule has 3 nitrogen and oxygen atoms in total.